The zero-order valence-corrected chi connectivity index (χ0v) is 13.6. The first kappa shape index (κ1) is 17.7. The molecular formula is C15H29ClN2O2. The van der Waals surface area contributed by atoms with Gasteiger partial charge in [0.05, 0.1) is 6.10 Å². The van der Waals surface area contributed by atoms with Crippen molar-refractivity contribution in [3.05, 3.63) is 0 Å². The van der Waals surface area contributed by atoms with Crippen LogP contribution in [0.15, 0.2) is 0 Å². The molecule has 20 heavy (non-hydrogen) atoms. The highest BCUT2D eigenvalue weighted by molar-refractivity contribution is 5.85. The lowest BCUT2D eigenvalue weighted by Gasteiger charge is -2.28. The van der Waals surface area contributed by atoms with Gasteiger partial charge < -0.3 is 15.0 Å². The fraction of sp³-hybridized carbons (Fsp3) is 0.933. The molecule has 0 aromatic carbocycles. The summed E-state index contributed by atoms with van der Waals surface area (Å²) in [7, 11) is 1.91. The first-order valence-electron chi connectivity index (χ1n) is 7.81. The lowest BCUT2D eigenvalue weighted by atomic mass is 10.1. The van der Waals surface area contributed by atoms with Crippen LogP contribution in [0.1, 0.15) is 51.9 Å². The van der Waals surface area contributed by atoms with Gasteiger partial charge in [-0.05, 0) is 32.7 Å². The Morgan fingerprint density at radius 3 is 2.40 bits per heavy atom. The molecule has 1 heterocycles. The van der Waals surface area contributed by atoms with E-state index in [9.17, 15) is 4.79 Å². The van der Waals surface area contributed by atoms with E-state index in [1.807, 2.05) is 18.9 Å². The van der Waals surface area contributed by atoms with Crippen molar-refractivity contribution in [3.63, 3.8) is 0 Å². The summed E-state index contributed by atoms with van der Waals surface area (Å²) in [4.78, 5) is 14.2. The van der Waals surface area contributed by atoms with E-state index < -0.39 is 0 Å². The number of halogens is 1. The van der Waals surface area contributed by atoms with Crippen LogP contribution in [-0.2, 0) is 9.53 Å². The molecule has 0 radical (unpaired) electrons. The van der Waals surface area contributed by atoms with Crippen molar-refractivity contribution in [2.75, 3.05) is 20.1 Å². The fourth-order valence-electron chi connectivity index (χ4n) is 3.16. The van der Waals surface area contributed by atoms with Crippen LogP contribution < -0.4 is 5.32 Å². The average molecular weight is 305 g/mol. The Balaban J connectivity index is 0.00000200. The highest BCUT2D eigenvalue weighted by Crippen LogP contribution is 2.21. The normalized spacial score (nSPS) is 25.6. The monoisotopic (exact) mass is 304 g/mol. The molecule has 0 aromatic heterocycles. The number of ether oxygens (including phenoxy) is 1. The van der Waals surface area contributed by atoms with Gasteiger partial charge in [0.25, 0.3) is 5.91 Å². The summed E-state index contributed by atoms with van der Waals surface area (Å²) in [5, 5.41) is 3.30. The number of amides is 1. The molecule has 118 valence electrons. The third-order valence-electron chi connectivity index (χ3n) is 4.48. The van der Waals surface area contributed by atoms with Crippen LogP contribution in [0.3, 0.4) is 0 Å². The van der Waals surface area contributed by atoms with Crippen molar-refractivity contribution < 1.29 is 9.53 Å². The van der Waals surface area contributed by atoms with Crippen molar-refractivity contribution >= 4 is 18.3 Å². The summed E-state index contributed by atoms with van der Waals surface area (Å²) in [5.41, 5.74) is 0. The van der Waals surface area contributed by atoms with Gasteiger partial charge in [0.2, 0.25) is 0 Å². The first-order valence-corrected chi connectivity index (χ1v) is 7.81. The lowest BCUT2D eigenvalue weighted by molar-refractivity contribution is -0.147. The minimum absolute atomic E-state index is 0. The Kier molecular flexibility index (Phi) is 7.85. The molecule has 4 nitrogen and oxygen atoms in total. The predicted octanol–water partition coefficient (Wildman–Crippen LogP) is 2.36. The van der Waals surface area contributed by atoms with E-state index in [-0.39, 0.29) is 30.5 Å². The lowest BCUT2D eigenvalue weighted by Crippen LogP contribution is -2.44. The van der Waals surface area contributed by atoms with Crippen LogP contribution in [0.5, 0.6) is 0 Å². The molecule has 0 bridgehead atoms. The van der Waals surface area contributed by atoms with Gasteiger partial charge in [0.1, 0.15) is 6.10 Å². The molecule has 0 spiro atoms. The maximum Gasteiger partial charge on any atom is 0.251 e. The summed E-state index contributed by atoms with van der Waals surface area (Å²) in [6.07, 6.45) is 8.40. The van der Waals surface area contributed by atoms with Gasteiger partial charge in [-0.1, -0.05) is 25.7 Å². The number of rotatable bonds is 4. The van der Waals surface area contributed by atoms with Gasteiger partial charge >= 0.3 is 0 Å². The zero-order chi connectivity index (χ0) is 13.7. The first-order chi connectivity index (χ1) is 9.18. The Labute approximate surface area is 129 Å². The number of carbonyl (C=O) groups is 1. The maximum atomic E-state index is 12.4. The zero-order valence-electron chi connectivity index (χ0n) is 12.8. The molecule has 2 rings (SSSR count). The second-order valence-corrected chi connectivity index (χ2v) is 5.99. The van der Waals surface area contributed by atoms with Gasteiger partial charge in [0, 0.05) is 19.6 Å². The second-order valence-electron chi connectivity index (χ2n) is 5.99. The number of nitrogens with zero attached hydrogens (tertiary/aromatic N) is 1. The SMILES string of the molecule is CC(OC1CCCCCC1)C(=O)N(C)C1CCNC1.Cl. The molecule has 2 fully saturated rings. The Morgan fingerprint density at radius 2 is 1.85 bits per heavy atom. The molecule has 1 aliphatic carbocycles. The standard InChI is InChI=1S/C15H28N2O2.ClH/c1-12(19-14-7-5-3-4-6-8-14)15(18)17(2)13-9-10-16-11-13;/h12-14,16H,3-11H2,1-2H3;1H. The highest BCUT2D eigenvalue weighted by Gasteiger charge is 2.28. The smallest absolute Gasteiger partial charge is 0.251 e. The van der Waals surface area contributed by atoms with E-state index in [1.165, 1.54) is 25.7 Å². The number of likely N-dealkylation sites (N-methyl/N-ethyl adjacent to an activating group) is 1. The van der Waals surface area contributed by atoms with E-state index in [4.69, 9.17) is 4.74 Å². The van der Waals surface area contributed by atoms with E-state index >= 15 is 0 Å². The van der Waals surface area contributed by atoms with Gasteiger partial charge in [0.15, 0.2) is 0 Å². The summed E-state index contributed by atoms with van der Waals surface area (Å²) in [6.45, 7) is 3.84. The van der Waals surface area contributed by atoms with Crippen LogP contribution in [-0.4, -0.2) is 49.2 Å². The van der Waals surface area contributed by atoms with Crippen LogP contribution in [0.25, 0.3) is 0 Å². The second kappa shape index (κ2) is 8.85. The molecule has 1 aliphatic heterocycles. The van der Waals surface area contributed by atoms with Gasteiger partial charge in [-0.2, -0.15) is 0 Å². The molecule has 2 atom stereocenters. The number of carbonyl (C=O) groups excluding carboxylic acids is 1. The summed E-state index contributed by atoms with van der Waals surface area (Å²) in [5.74, 6) is 0.137. The Morgan fingerprint density at radius 1 is 1.20 bits per heavy atom. The van der Waals surface area contributed by atoms with Crippen molar-refractivity contribution in [1.82, 2.24) is 10.2 Å². The molecule has 2 aliphatic rings. The van der Waals surface area contributed by atoms with Crippen molar-refractivity contribution in [2.24, 2.45) is 0 Å². The fourth-order valence-corrected chi connectivity index (χ4v) is 3.16. The third kappa shape index (κ3) is 4.90. The van der Waals surface area contributed by atoms with E-state index in [0.717, 1.165) is 32.4 Å². The van der Waals surface area contributed by atoms with Crippen LogP contribution in [0.4, 0.5) is 0 Å². The molecule has 1 saturated carbocycles. The quantitative estimate of drug-likeness (QED) is 0.811. The number of nitrogens with one attached hydrogen (secondary N) is 1. The Hall–Kier alpha value is -0.320. The average Bonchev–Trinajstić information content (AvgIpc) is 2.83. The van der Waals surface area contributed by atoms with Crippen molar-refractivity contribution in [3.8, 4) is 0 Å². The van der Waals surface area contributed by atoms with Crippen LogP contribution >= 0.6 is 12.4 Å². The largest absolute Gasteiger partial charge is 0.365 e. The molecule has 1 amide bonds. The van der Waals surface area contributed by atoms with E-state index in [1.54, 1.807) is 0 Å². The van der Waals surface area contributed by atoms with Crippen LogP contribution in [0.2, 0.25) is 0 Å². The van der Waals surface area contributed by atoms with Gasteiger partial charge in [-0.3, -0.25) is 4.79 Å². The summed E-state index contributed by atoms with van der Waals surface area (Å²) >= 11 is 0. The molecule has 0 aromatic rings. The molecule has 2 unspecified atom stereocenters. The molecule has 5 heteroatoms. The van der Waals surface area contributed by atoms with E-state index in [2.05, 4.69) is 5.32 Å². The Bertz CT molecular complexity index is 288. The summed E-state index contributed by atoms with van der Waals surface area (Å²) < 4.78 is 6.00. The van der Waals surface area contributed by atoms with E-state index in [0.29, 0.717) is 6.04 Å². The molecule has 1 N–H and O–H groups in total. The minimum Gasteiger partial charge on any atom is -0.365 e. The van der Waals surface area contributed by atoms with Crippen molar-refractivity contribution in [1.29, 1.82) is 0 Å². The topological polar surface area (TPSA) is 41.6 Å². The van der Waals surface area contributed by atoms with Gasteiger partial charge in [-0.15, -0.1) is 12.4 Å². The predicted molar refractivity (Wildman–Crippen MR) is 83.3 cm³/mol. The minimum atomic E-state index is -0.298. The third-order valence-corrected chi connectivity index (χ3v) is 4.48. The number of hydrogen-bond donors (Lipinski definition) is 1. The summed E-state index contributed by atoms with van der Waals surface area (Å²) in [6, 6.07) is 0.340. The molecular weight excluding hydrogens is 276 g/mol. The maximum absolute atomic E-state index is 12.4. The van der Waals surface area contributed by atoms with Crippen LogP contribution in [0, 0.1) is 0 Å². The number of hydrogen-bond acceptors (Lipinski definition) is 3. The molecule has 1 saturated heterocycles. The van der Waals surface area contributed by atoms with Crippen molar-refractivity contribution in [2.45, 2.75) is 70.1 Å². The van der Waals surface area contributed by atoms with Gasteiger partial charge in [-0.25, -0.2) is 0 Å². The highest BCUT2D eigenvalue weighted by atomic mass is 35.5.